The molecule has 0 amide bonds. The number of aryl methyl sites for hydroxylation is 1. The maximum Gasteiger partial charge on any atom is 0.113 e. The Morgan fingerprint density at radius 3 is 2.75 bits per heavy atom. The Hall–Kier alpha value is -1.00. The largest absolute Gasteiger partial charge is 0.295 e. The number of aliphatic imine (C=N–C) groups is 1. The van der Waals surface area contributed by atoms with Crippen LogP contribution in [0.15, 0.2) is 22.8 Å². The summed E-state index contributed by atoms with van der Waals surface area (Å²) in [6, 6.07) is 2.42. The molecule has 2 nitrogen and oxygen atoms in total. The average molecular weight is 405 g/mol. The zero-order valence-electron chi connectivity index (χ0n) is 18.0. The lowest BCUT2D eigenvalue weighted by atomic mass is 9.88. The van der Waals surface area contributed by atoms with E-state index in [9.17, 15) is 4.39 Å². The normalized spacial score (nSPS) is 23.4. The Labute approximate surface area is 174 Å². The van der Waals surface area contributed by atoms with Crippen molar-refractivity contribution in [2.24, 2.45) is 4.99 Å². The molecule has 1 aliphatic heterocycles. The van der Waals surface area contributed by atoms with Gasteiger partial charge >= 0.3 is 0 Å². The molecular weight excluding hydrogens is 367 g/mol. The second-order valence-electron chi connectivity index (χ2n) is 8.62. The first-order valence-electron chi connectivity index (χ1n) is 11.3. The van der Waals surface area contributed by atoms with Crippen molar-refractivity contribution >= 4 is 17.0 Å². The van der Waals surface area contributed by atoms with Crippen LogP contribution >= 0.6 is 11.3 Å². The van der Waals surface area contributed by atoms with Crippen LogP contribution in [0.5, 0.6) is 0 Å². The standard InChI is InChI=1S/C24H37FN2S/c1-4-5-10-18(2)26-23(17-27-14-9-13-21(25)16-27)22-15-24(28-19(22)3)20-11-7-6-8-12-20/h10,15,20-21H,4-9,11-14,16-17H2,1-3H3/b18-10+,26-23-. The highest BCUT2D eigenvalue weighted by Crippen LogP contribution is 2.38. The first-order chi connectivity index (χ1) is 13.6. The molecule has 0 radical (unpaired) electrons. The molecule has 1 atom stereocenters. The maximum absolute atomic E-state index is 14.0. The van der Waals surface area contributed by atoms with Gasteiger partial charge in [-0.1, -0.05) is 38.7 Å². The molecule has 1 unspecified atom stereocenters. The summed E-state index contributed by atoms with van der Waals surface area (Å²) in [5.74, 6) is 0.731. The van der Waals surface area contributed by atoms with Gasteiger partial charge in [0.05, 0.1) is 5.71 Å². The van der Waals surface area contributed by atoms with Gasteiger partial charge < -0.3 is 0 Å². The lowest BCUT2D eigenvalue weighted by Gasteiger charge is -2.29. The van der Waals surface area contributed by atoms with Crippen molar-refractivity contribution in [2.75, 3.05) is 19.6 Å². The molecule has 1 saturated carbocycles. The number of hydrogen-bond donors (Lipinski definition) is 0. The number of thiophene rings is 1. The summed E-state index contributed by atoms with van der Waals surface area (Å²) < 4.78 is 14.0. The van der Waals surface area contributed by atoms with Gasteiger partial charge in [-0.25, -0.2) is 4.39 Å². The van der Waals surface area contributed by atoms with E-state index in [4.69, 9.17) is 4.99 Å². The van der Waals surface area contributed by atoms with Crippen LogP contribution in [0.1, 0.15) is 92.9 Å². The van der Waals surface area contributed by atoms with E-state index < -0.39 is 6.17 Å². The topological polar surface area (TPSA) is 15.6 Å². The third-order valence-corrected chi connectivity index (χ3v) is 7.33. The highest BCUT2D eigenvalue weighted by Gasteiger charge is 2.24. The van der Waals surface area contributed by atoms with Crippen molar-refractivity contribution in [1.82, 2.24) is 4.90 Å². The number of alkyl halides is 1. The Kier molecular flexibility index (Phi) is 8.28. The van der Waals surface area contributed by atoms with Gasteiger partial charge in [0.1, 0.15) is 6.17 Å². The molecule has 0 bridgehead atoms. The van der Waals surface area contributed by atoms with Crippen molar-refractivity contribution in [1.29, 1.82) is 0 Å². The second kappa shape index (κ2) is 10.7. The number of hydrogen-bond acceptors (Lipinski definition) is 3. The van der Waals surface area contributed by atoms with Crippen LogP contribution in [0.2, 0.25) is 0 Å². The third kappa shape index (κ3) is 6.00. The van der Waals surface area contributed by atoms with E-state index in [1.54, 1.807) is 0 Å². The average Bonchev–Trinajstić information content (AvgIpc) is 3.08. The van der Waals surface area contributed by atoms with Gasteiger partial charge in [-0.05, 0) is 64.5 Å². The molecule has 0 aromatic carbocycles. The maximum atomic E-state index is 14.0. The van der Waals surface area contributed by atoms with E-state index in [1.807, 2.05) is 11.3 Å². The Balaban J connectivity index is 1.85. The summed E-state index contributed by atoms with van der Waals surface area (Å²) in [6.45, 7) is 8.84. The van der Waals surface area contributed by atoms with Crippen LogP contribution in [0, 0.1) is 6.92 Å². The van der Waals surface area contributed by atoms with Crippen LogP contribution < -0.4 is 0 Å². The van der Waals surface area contributed by atoms with E-state index in [2.05, 4.69) is 37.8 Å². The number of unbranched alkanes of at least 4 members (excludes halogenated alkanes) is 1. The highest BCUT2D eigenvalue weighted by atomic mass is 32.1. The predicted octanol–water partition coefficient (Wildman–Crippen LogP) is 7.03. The number of piperidine rings is 1. The lowest BCUT2D eigenvalue weighted by Crippen LogP contribution is -2.39. The van der Waals surface area contributed by atoms with Gasteiger partial charge in [0.2, 0.25) is 0 Å². The van der Waals surface area contributed by atoms with E-state index >= 15 is 0 Å². The van der Waals surface area contributed by atoms with Crippen molar-refractivity contribution in [3.8, 4) is 0 Å². The minimum absolute atomic E-state index is 0.551. The third-order valence-electron chi connectivity index (χ3n) is 6.12. The molecule has 2 fully saturated rings. The summed E-state index contributed by atoms with van der Waals surface area (Å²) in [7, 11) is 0. The number of halogens is 1. The zero-order valence-corrected chi connectivity index (χ0v) is 18.8. The lowest BCUT2D eigenvalue weighted by molar-refractivity contribution is 0.154. The van der Waals surface area contributed by atoms with E-state index in [1.165, 1.54) is 47.4 Å². The number of nitrogens with zero attached hydrogens (tertiary/aromatic N) is 2. The Morgan fingerprint density at radius 2 is 2.04 bits per heavy atom. The van der Waals surface area contributed by atoms with Crippen LogP contribution in [-0.2, 0) is 0 Å². The summed E-state index contributed by atoms with van der Waals surface area (Å²) in [5.41, 5.74) is 3.53. The Morgan fingerprint density at radius 1 is 1.25 bits per heavy atom. The zero-order chi connectivity index (χ0) is 19.9. The molecule has 1 aromatic heterocycles. The second-order valence-corrected chi connectivity index (χ2v) is 9.91. The SMILES string of the molecule is CCC/C=C(C)/N=C(/CN1CCCC(F)C1)c1cc(C2CCCCC2)sc1C. The molecule has 4 heteroatoms. The van der Waals surface area contributed by atoms with Gasteiger partial charge in [0.15, 0.2) is 0 Å². The molecule has 1 aliphatic carbocycles. The summed E-state index contributed by atoms with van der Waals surface area (Å²) >= 11 is 1.96. The number of allylic oxidation sites excluding steroid dienone is 2. The predicted molar refractivity (Wildman–Crippen MR) is 121 cm³/mol. The van der Waals surface area contributed by atoms with Crippen molar-refractivity contribution in [3.63, 3.8) is 0 Å². The smallest absolute Gasteiger partial charge is 0.113 e. The van der Waals surface area contributed by atoms with Crippen LogP contribution in [0.3, 0.4) is 0 Å². The first-order valence-corrected chi connectivity index (χ1v) is 12.1. The van der Waals surface area contributed by atoms with Gasteiger partial charge in [0, 0.05) is 34.1 Å². The Bertz CT molecular complexity index is 685. The van der Waals surface area contributed by atoms with Crippen molar-refractivity contribution in [2.45, 2.75) is 90.6 Å². The summed E-state index contributed by atoms with van der Waals surface area (Å²) in [6.07, 6.45) is 12.2. The number of rotatable bonds is 7. The first kappa shape index (κ1) is 21.7. The summed E-state index contributed by atoms with van der Waals surface area (Å²) in [5, 5.41) is 0. The molecule has 0 N–H and O–H groups in total. The molecule has 2 heterocycles. The summed E-state index contributed by atoms with van der Waals surface area (Å²) in [4.78, 5) is 10.2. The molecular formula is C24H37FN2S. The molecule has 2 aliphatic rings. The monoisotopic (exact) mass is 404 g/mol. The molecule has 3 rings (SSSR count). The van der Waals surface area contributed by atoms with Crippen molar-refractivity contribution in [3.05, 3.63) is 33.2 Å². The molecule has 156 valence electrons. The van der Waals surface area contributed by atoms with Gasteiger partial charge in [-0.3, -0.25) is 9.89 Å². The molecule has 1 aromatic rings. The fraction of sp³-hybridized carbons (Fsp3) is 0.708. The minimum Gasteiger partial charge on any atom is -0.295 e. The minimum atomic E-state index is -0.687. The molecule has 1 saturated heterocycles. The fourth-order valence-electron chi connectivity index (χ4n) is 4.53. The van der Waals surface area contributed by atoms with E-state index in [0.717, 1.165) is 49.7 Å². The van der Waals surface area contributed by atoms with Crippen molar-refractivity contribution < 1.29 is 4.39 Å². The van der Waals surface area contributed by atoms with Crippen LogP contribution in [-0.4, -0.2) is 36.4 Å². The fourth-order valence-corrected chi connectivity index (χ4v) is 5.75. The quantitative estimate of drug-likeness (QED) is 0.445. The van der Waals surface area contributed by atoms with E-state index in [0.29, 0.717) is 13.0 Å². The molecule has 28 heavy (non-hydrogen) atoms. The molecule has 0 spiro atoms. The highest BCUT2D eigenvalue weighted by molar-refractivity contribution is 7.12. The van der Waals surface area contributed by atoms with Gasteiger partial charge in [0.25, 0.3) is 0 Å². The van der Waals surface area contributed by atoms with E-state index in [-0.39, 0.29) is 0 Å². The van der Waals surface area contributed by atoms with Gasteiger partial charge in [-0.2, -0.15) is 0 Å². The number of likely N-dealkylation sites (tertiary alicyclic amines) is 1. The van der Waals surface area contributed by atoms with Crippen LogP contribution in [0.4, 0.5) is 4.39 Å². The van der Waals surface area contributed by atoms with Crippen LogP contribution in [0.25, 0.3) is 0 Å². The van der Waals surface area contributed by atoms with Gasteiger partial charge in [-0.15, -0.1) is 11.3 Å².